The number of fused-ring (bicyclic) bond motifs is 1. The summed E-state index contributed by atoms with van der Waals surface area (Å²) in [4.78, 5) is 6.81. The lowest BCUT2D eigenvalue weighted by Gasteiger charge is -2.40. The van der Waals surface area contributed by atoms with Gasteiger partial charge in [0.15, 0.2) is 0 Å². The lowest BCUT2D eigenvalue weighted by Crippen LogP contribution is -2.57. The van der Waals surface area contributed by atoms with Crippen LogP contribution in [-0.4, -0.2) is 35.3 Å². The molecule has 1 aromatic carbocycles. The van der Waals surface area contributed by atoms with Gasteiger partial charge in [-0.1, -0.05) is 6.07 Å². The Labute approximate surface area is 113 Å². The third-order valence-electron chi connectivity index (χ3n) is 3.60. The van der Waals surface area contributed by atoms with Crippen LogP contribution in [0.3, 0.4) is 0 Å². The van der Waals surface area contributed by atoms with E-state index in [4.69, 9.17) is 0 Å². The van der Waals surface area contributed by atoms with E-state index in [-0.39, 0.29) is 11.3 Å². The number of nitrogens with zero attached hydrogens (tertiary/aromatic N) is 2. The summed E-state index contributed by atoms with van der Waals surface area (Å²) in [7, 11) is 0. The fraction of sp³-hybridized carbons (Fsp3) is 0.400. The molecule has 19 heavy (non-hydrogen) atoms. The van der Waals surface area contributed by atoms with Crippen molar-refractivity contribution in [2.75, 3.05) is 24.5 Å². The minimum atomic E-state index is 0.0823. The van der Waals surface area contributed by atoms with Crippen LogP contribution in [0.4, 0.5) is 5.82 Å². The first kappa shape index (κ1) is 12.2. The Hall–Kier alpha value is -1.81. The molecule has 1 saturated heterocycles. The third-order valence-corrected chi connectivity index (χ3v) is 3.60. The molecule has 2 N–H and O–H groups in total. The summed E-state index contributed by atoms with van der Waals surface area (Å²) in [6.07, 6.45) is 1.84. The molecular weight excluding hydrogens is 238 g/mol. The van der Waals surface area contributed by atoms with Gasteiger partial charge in [0.1, 0.15) is 11.6 Å². The molecule has 1 fully saturated rings. The Balaban J connectivity index is 2.07. The standard InChI is InChI=1S/C15H19N3O/c1-15(2)10-18(8-7-17-15)14-13-9-12(19)4-3-11(13)5-6-16-14/h3-6,9,17,19H,7-8,10H2,1-2H3. The highest BCUT2D eigenvalue weighted by Crippen LogP contribution is 2.29. The quantitative estimate of drug-likeness (QED) is 0.821. The zero-order chi connectivity index (χ0) is 13.5. The van der Waals surface area contributed by atoms with Crippen LogP contribution in [0, 0.1) is 0 Å². The van der Waals surface area contributed by atoms with Gasteiger partial charge in [0.25, 0.3) is 0 Å². The Kier molecular flexibility index (Phi) is 2.82. The number of anilines is 1. The van der Waals surface area contributed by atoms with Gasteiger partial charge >= 0.3 is 0 Å². The summed E-state index contributed by atoms with van der Waals surface area (Å²) >= 11 is 0. The van der Waals surface area contributed by atoms with Crippen molar-refractivity contribution in [1.82, 2.24) is 10.3 Å². The smallest absolute Gasteiger partial charge is 0.136 e. The highest BCUT2D eigenvalue weighted by Gasteiger charge is 2.27. The van der Waals surface area contributed by atoms with Gasteiger partial charge in [-0.3, -0.25) is 0 Å². The maximum atomic E-state index is 9.70. The zero-order valence-corrected chi connectivity index (χ0v) is 11.3. The van der Waals surface area contributed by atoms with Crippen LogP contribution in [0.2, 0.25) is 0 Å². The van der Waals surface area contributed by atoms with E-state index >= 15 is 0 Å². The molecule has 0 aliphatic carbocycles. The number of hydrogen-bond acceptors (Lipinski definition) is 4. The van der Waals surface area contributed by atoms with Crippen LogP contribution in [0.15, 0.2) is 30.5 Å². The number of phenols is 1. The zero-order valence-electron chi connectivity index (χ0n) is 11.3. The number of hydrogen-bond donors (Lipinski definition) is 2. The minimum absolute atomic E-state index is 0.0823. The van der Waals surface area contributed by atoms with Crippen molar-refractivity contribution in [2.45, 2.75) is 19.4 Å². The van der Waals surface area contributed by atoms with Gasteiger partial charge in [-0.05, 0) is 37.4 Å². The molecule has 3 rings (SSSR count). The molecule has 1 aliphatic rings. The SMILES string of the molecule is CC1(C)CN(c2nccc3ccc(O)cc23)CCN1. The van der Waals surface area contributed by atoms with E-state index < -0.39 is 0 Å². The number of aromatic hydroxyl groups is 1. The van der Waals surface area contributed by atoms with Gasteiger partial charge in [-0.2, -0.15) is 0 Å². The third kappa shape index (κ3) is 2.36. The van der Waals surface area contributed by atoms with Crippen molar-refractivity contribution in [2.24, 2.45) is 0 Å². The Morgan fingerprint density at radius 2 is 2.16 bits per heavy atom. The summed E-state index contributed by atoms with van der Waals surface area (Å²) in [5, 5.41) is 15.3. The second-order valence-electron chi connectivity index (χ2n) is 5.77. The van der Waals surface area contributed by atoms with Crippen molar-refractivity contribution in [3.8, 4) is 5.75 Å². The largest absolute Gasteiger partial charge is 0.508 e. The molecule has 0 spiro atoms. The van der Waals surface area contributed by atoms with E-state index in [9.17, 15) is 5.11 Å². The Morgan fingerprint density at radius 3 is 2.95 bits per heavy atom. The molecule has 0 unspecified atom stereocenters. The molecule has 0 atom stereocenters. The number of benzene rings is 1. The van der Waals surface area contributed by atoms with Crippen LogP contribution in [0.25, 0.3) is 10.8 Å². The van der Waals surface area contributed by atoms with Crippen LogP contribution >= 0.6 is 0 Å². The summed E-state index contributed by atoms with van der Waals surface area (Å²) in [5.41, 5.74) is 0.0823. The minimum Gasteiger partial charge on any atom is -0.508 e. The van der Waals surface area contributed by atoms with Crippen molar-refractivity contribution >= 4 is 16.6 Å². The fourth-order valence-corrected chi connectivity index (χ4v) is 2.72. The number of rotatable bonds is 1. The molecule has 2 aromatic rings. The number of aromatic nitrogens is 1. The van der Waals surface area contributed by atoms with Crippen molar-refractivity contribution in [3.05, 3.63) is 30.5 Å². The van der Waals surface area contributed by atoms with Crippen molar-refractivity contribution < 1.29 is 5.11 Å². The topological polar surface area (TPSA) is 48.4 Å². The van der Waals surface area contributed by atoms with Gasteiger partial charge in [0.05, 0.1) is 0 Å². The van der Waals surface area contributed by atoms with Crippen LogP contribution in [0.5, 0.6) is 5.75 Å². The first-order valence-electron chi connectivity index (χ1n) is 6.63. The van der Waals surface area contributed by atoms with Crippen molar-refractivity contribution in [1.29, 1.82) is 0 Å². The van der Waals surface area contributed by atoms with Crippen LogP contribution in [-0.2, 0) is 0 Å². The maximum absolute atomic E-state index is 9.70. The Bertz CT molecular complexity index is 609. The average molecular weight is 257 g/mol. The van der Waals surface area contributed by atoms with E-state index in [2.05, 4.69) is 29.0 Å². The lowest BCUT2D eigenvalue weighted by molar-refractivity contribution is 0.352. The molecular formula is C15H19N3O. The van der Waals surface area contributed by atoms with Crippen molar-refractivity contribution in [3.63, 3.8) is 0 Å². The van der Waals surface area contributed by atoms with E-state index in [0.717, 1.165) is 36.2 Å². The predicted octanol–water partition coefficient (Wildman–Crippen LogP) is 2.13. The molecule has 1 aromatic heterocycles. The second kappa shape index (κ2) is 4.38. The number of phenolic OH excluding ortho intramolecular Hbond substituents is 1. The molecule has 0 radical (unpaired) electrons. The maximum Gasteiger partial charge on any atom is 0.136 e. The van der Waals surface area contributed by atoms with E-state index in [1.165, 1.54) is 0 Å². The highest BCUT2D eigenvalue weighted by atomic mass is 16.3. The van der Waals surface area contributed by atoms with Gasteiger partial charge in [0.2, 0.25) is 0 Å². The van der Waals surface area contributed by atoms with Crippen LogP contribution in [0.1, 0.15) is 13.8 Å². The summed E-state index contributed by atoms with van der Waals surface area (Å²) in [6, 6.07) is 7.43. The average Bonchev–Trinajstić information content (AvgIpc) is 2.36. The second-order valence-corrected chi connectivity index (χ2v) is 5.77. The molecule has 4 nitrogen and oxygen atoms in total. The number of piperazine rings is 1. The molecule has 0 amide bonds. The summed E-state index contributed by atoms with van der Waals surface area (Å²) in [6.45, 7) is 7.19. The van der Waals surface area contributed by atoms with Gasteiger partial charge < -0.3 is 15.3 Å². The molecule has 0 bridgehead atoms. The van der Waals surface area contributed by atoms with Crippen LogP contribution < -0.4 is 10.2 Å². The highest BCUT2D eigenvalue weighted by molar-refractivity contribution is 5.93. The van der Waals surface area contributed by atoms with E-state index in [1.54, 1.807) is 12.1 Å². The van der Waals surface area contributed by atoms with Gasteiger partial charge in [-0.25, -0.2) is 4.98 Å². The lowest BCUT2D eigenvalue weighted by atomic mass is 10.0. The first-order valence-corrected chi connectivity index (χ1v) is 6.63. The summed E-state index contributed by atoms with van der Waals surface area (Å²) < 4.78 is 0. The van der Waals surface area contributed by atoms with E-state index in [1.807, 2.05) is 18.3 Å². The first-order chi connectivity index (χ1) is 9.05. The normalized spacial score (nSPS) is 18.7. The molecule has 4 heteroatoms. The number of nitrogens with one attached hydrogen (secondary N) is 1. The van der Waals surface area contributed by atoms with E-state index in [0.29, 0.717) is 0 Å². The summed E-state index contributed by atoms with van der Waals surface area (Å²) in [5.74, 6) is 1.25. The predicted molar refractivity (Wildman–Crippen MR) is 77.7 cm³/mol. The Morgan fingerprint density at radius 1 is 1.32 bits per heavy atom. The monoisotopic (exact) mass is 257 g/mol. The molecule has 2 heterocycles. The fourth-order valence-electron chi connectivity index (χ4n) is 2.72. The van der Waals surface area contributed by atoms with Gasteiger partial charge in [0, 0.05) is 36.8 Å². The molecule has 0 saturated carbocycles. The number of pyridine rings is 1. The van der Waals surface area contributed by atoms with Gasteiger partial charge in [-0.15, -0.1) is 0 Å². The molecule has 100 valence electrons. The molecule has 1 aliphatic heterocycles.